The van der Waals surface area contributed by atoms with Gasteiger partial charge in [0, 0.05) is 19.4 Å². The van der Waals surface area contributed by atoms with Gasteiger partial charge in [0.05, 0.1) is 6.20 Å². The lowest BCUT2D eigenvalue weighted by molar-refractivity contribution is 0.102. The summed E-state index contributed by atoms with van der Waals surface area (Å²) < 4.78 is 0. The molecule has 1 amide bonds. The molecule has 0 fully saturated rings. The van der Waals surface area contributed by atoms with Crippen molar-refractivity contribution in [2.24, 2.45) is 0 Å². The van der Waals surface area contributed by atoms with Crippen molar-refractivity contribution in [1.29, 1.82) is 0 Å². The first-order valence-electron chi connectivity index (χ1n) is 6.26. The number of carbonyl (C=O) groups is 1. The number of nitrogens with one attached hydrogen (secondary N) is 1. The van der Waals surface area contributed by atoms with Gasteiger partial charge in [0.2, 0.25) is 0 Å². The van der Waals surface area contributed by atoms with E-state index in [-0.39, 0.29) is 7.33 Å². The molecule has 0 spiro atoms. The van der Waals surface area contributed by atoms with E-state index in [0.29, 0.717) is 17.3 Å². The van der Waals surface area contributed by atoms with Gasteiger partial charge < -0.3 is 5.32 Å². The van der Waals surface area contributed by atoms with Crippen LogP contribution in [-0.2, 0) is 0 Å². The topological polar surface area (TPSA) is 54.9 Å². The molecule has 0 saturated carbocycles. The monoisotopic (exact) mass is 257 g/mol. The van der Waals surface area contributed by atoms with Gasteiger partial charge in [-0.2, -0.15) is 0 Å². The molecular weight excluding hydrogens is 238 g/mol. The summed E-state index contributed by atoms with van der Waals surface area (Å²) in [7, 11) is 0. The minimum Gasteiger partial charge on any atom is -0.305 e. The summed E-state index contributed by atoms with van der Waals surface area (Å²) in [5.74, 6) is 0.745. The fourth-order valence-electron chi connectivity index (χ4n) is 2.02. The third kappa shape index (κ3) is 3.16. The van der Waals surface area contributed by atoms with Crippen molar-refractivity contribution in [3.63, 3.8) is 0 Å². The van der Waals surface area contributed by atoms with Gasteiger partial charge in [-0.15, -0.1) is 0 Å². The van der Waals surface area contributed by atoms with Gasteiger partial charge in [-0.3, -0.25) is 9.78 Å². The predicted octanol–water partition coefficient (Wildman–Crippen LogP) is 3.41. The number of rotatable bonds is 3. The van der Waals surface area contributed by atoms with Gasteiger partial charge >= 0.3 is 0 Å². The summed E-state index contributed by atoms with van der Waals surface area (Å²) in [6, 6.07) is 5.75. The lowest BCUT2D eigenvalue weighted by atomic mass is 9.96. The van der Waals surface area contributed by atoms with Gasteiger partial charge in [-0.1, -0.05) is 19.9 Å². The number of hydrogen-bond donors (Lipinski definition) is 1. The first kappa shape index (κ1) is 13.2. The van der Waals surface area contributed by atoms with Crippen molar-refractivity contribution in [1.82, 2.24) is 9.97 Å². The van der Waals surface area contributed by atoms with E-state index in [1.54, 1.807) is 12.4 Å². The molecule has 1 heterocycles. The Morgan fingerprint density at radius 3 is 2.68 bits per heavy atom. The van der Waals surface area contributed by atoms with E-state index in [2.05, 4.69) is 29.1 Å². The first-order valence-corrected chi connectivity index (χ1v) is 6.26. The molecule has 100 valence electrons. The lowest BCUT2D eigenvalue weighted by Crippen LogP contribution is -2.13. The van der Waals surface area contributed by atoms with Crippen molar-refractivity contribution in [3.8, 4) is 0 Å². The van der Waals surface area contributed by atoms with Crippen LogP contribution in [0.15, 0.2) is 36.8 Å². The Labute approximate surface area is 114 Å². The number of aryl methyl sites for hydroxylation is 1. The molecule has 0 aliphatic rings. The molecule has 1 aromatic carbocycles. The van der Waals surface area contributed by atoms with Crippen LogP contribution in [-0.4, -0.2) is 15.9 Å². The van der Waals surface area contributed by atoms with E-state index in [1.807, 2.05) is 25.1 Å². The maximum Gasteiger partial charge on any atom is 0.256 e. The zero-order valence-electron chi connectivity index (χ0n) is 11.3. The van der Waals surface area contributed by atoms with Crippen LogP contribution in [0.1, 0.15) is 42.7 Å². The summed E-state index contributed by atoms with van der Waals surface area (Å²) in [6.45, 7) is 6.30. The fraction of sp³-hybridized carbons (Fsp3) is 0.267. The third-order valence-electron chi connectivity index (χ3n) is 2.96. The van der Waals surface area contributed by atoms with E-state index in [0.717, 1.165) is 5.56 Å². The van der Waals surface area contributed by atoms with Crippen LogP contribution < -0.4 is 5.32 Å². The zero-order valence-corrected chi connectivity index (χ0v) is 11.3. The molecule has 1 N–H and O–H groups in total. The molecule has 1 aromatic heterocycles. The van der Waals surface area contributed by atoms with E-state index >= 15 is 0 Å². The van der Waals surface area contributed by atoms with Crippen molar-refractivity contribution in [2.75, 3.05) is 5.32 Å². The minimum absolute atomic E-state index is 0. The standard InChI is InChI=1S/C15H17N3O.H2/c1-10(2)13-5-4-12(8-11(13)3)15(19)18-14-9-16-6-7-17-14;/h4-10H,1-3H3,(H,17,18,19);1H. The highest BCUT2D eigenvalue weighted by atomic mass is 16.1. The second-order valence-corrected chi connectivity index (χ2v) is 4.77. The Morgan fingerprint density at radius 2 is 2.11 bits per heavy atom. The summed E-state index contributed by atoms with van der Waals surface area (Å²) in [4.78, 5) is 20.0. The Hall–Kier alpha value is -2.23. The fourth-order valence-corrected chi connectivity index (χ4v) is 2.02. The summed E-state index contributed by atoms with van der Waals surface area (Å²) >= 11 is 0. The molecule has 4 heteroatoms. The Morgan fingerprint density at radius 1 is 1.32 bits per heavy atom. The first-order chi connectivity index (χ1) is 9.08. The Bertz CT molecular complexity index is 585. The van der Waals surface area contributed by atoms with Gasteiger partial charge in [0.25, 0.3) is 5.91 Å². The predicted molar refractivity (Wildman–Crippen MR) is 77.4 cm³/mol. The maximum absolute atomic E-state index is 12.1. The largest absolute Gasteiger partial charge is 0.305 e. The number of carbonyl (C=O) groups excluding carboxylic acids is 1. The summed E-state index contributed by atoms with van der Waals surface area (Å²) in [5.41, 5.74) is 3.02. The highest BCUT2D eigenvalue weighted by molar-refractivity contribution is 6.03. The summed E-state index contributed by atoms with van der Waals surface area (Å²) in [6.07, 6.45) is 4.63. The molecular formula is C15H19N3O. The summed E-state index contributed by atoms with van der Waals surface area (Å²) in [5, 5.41) is 2.72. The van der Waals surface area contributed by atoms with Crippen LogP contribution in [0.25, 0.3) is 0 Å². The van der Waals surface area contributed by atoms with Crippen LogP contribution in [0, 0.1) is 6.92 Å². The van der Waals surface area contributed by atoms with Crippen LogP contribution in [0.4, 0.5) is 5.82 Å². The minimum atomic E-state index is -0.168. The van der Waals surface area contributed by atoms with E-state index in [9.17, 15) is 4.79 Å². The third-order valence-corrected chi connectivity index (χ3v) is 2.96. The number of aromatic nitrogens is 2. The lowest BCUT2D eigenvalue weighted by Gasteiger charge is -2.11. The van der Waals surface area contributed by atoms with E-state index in [1.165, 1.54) is 11.8 Å². The van der Waals surface area contributed by atoms with Gasteiger partial charge in [-0.25, -0.2) is 4.98 Å². The quantitative estimate of drug-likeness (QED) is 0.916. The highest BCUT2D eigenvalue weighted by Crippen LogP contribution is 2.20. The molecule has 2 aromatic rings. The molecule has 19 heavy (non-hydrogen) atoms. The molecule has 0 bridgehead atoms. The van der Waals surface area contributed by atoms with Crippen molar-refractivity contribution in [3.05, 3.63) is 53.5 Å². The molecule has 0 atom stereocenters. The highest BCUT2D eigenvalue weighted by Gasteiger charge is 2.10. The number of hydrogen-bond acceptors (Lipinski definition) is 3. The molecule has 0 radical (unpaired) electrons. The van der Waals surface area contributed by atoms with Crippen molar-refractivity contribution >= 4 is 11.7 Å². The molecule has 0 aliphatic heterocycles. The second-order valence-electron chi connectivity index (χ2n) is 4.77. The van der Waals surface area contributed by atoms with Crippen molar-refractivity contribution < 1.29 is 6.22 Å². The van der Waals surface area contributed by atoms with E-state index < -0.39 is 0 Å². The van der Waals surface area contributed by atoms with Crippen LogP contribution >= 0.6 is 0 Å². The molecule has 0 aliphatic carbocycles. The maximum atomic E-state index is 12.1. The Kier molecular flexibility index (Phi) is 3.90. The second kappa shape index (κ2) is 5.61. The van der Waals surface area contributed by atoms with E-state index in [4.69, 9.17) is 0 Å². The smallest absolute Gasteiger partial charge is 0.256 e. The molecule has 4 nitrogen and oxygen atoms in total. The average molecular weight is 257 g/mol. The van der Waals surface area contributed by atoms with Crippen LogP contribution in [0.3, 0.4) is 0 Å². The number of benzene rings is 1. The number of anilines is 1. The molecule has 0 saturated heterocycles. The Balaban J connectivity index is 0.00000200. The van der Waals surface area contributed by atoms with Gasteiger partial charge in [-0.05, 0) is 36.1 Å². The van der Waals surface area contributed by atoms with Crippen LogP contribution in [0.2, 0.25) is 0 Å². The van der Waals surface area contributed by atoms with Gasteiger partial charge in [0.15, 0.2) is 5.82 Å². The SMILES string of the molecule is Cc1cc(C(=O)Nc2cnccn2)ccc1C(C)C.[HH]. The normalized spacial score (nSPS) is 10.5. The number of nitrogens with zero attached hydrogens (tertiary/aromatic N) is 2. The van der Waals surface area contributed by atoms with Crippen molar-refractivity contribution in [2.45, 2.75) is 26.7 Å². The number of amides is 1. The molecule has 0 unspecified atom stereocenters. The molecule has 2 rings (SSSR count). The average Bonchev–Trinajstić information content (AvgIpc) is 2.39. The van der Waals surface area contributed by atoms with Gasteiger partial charge in [0.1, 0.15) is 0 Å². The zero-order chi connectivity index (χ0) is 13.8. The van der Waals surface area contributed by atoms with Crippen LogP contribution in [0.5, 0.6) is 0 Å².